The lowest BCUT2D eigenvalue weighted by atomic mass is 9.53. The van der Waals surface area contributed by atoms with E-state index < -0.39 is 0 Å². The number of hydrogen-bond acceptors (Lipinski definition) is 4. The van der Waals surface area contributed by atoms with Gasteiger partial charge in [-0.2, -0.15) is 5.10 Å². The summed E-state index contributed by atoms with van der Waals surface area (Å²) in [5.74, 6) is 4.37. The topological polar surface area (TPSA) is 65.4 Å². The van der Waals surface area contributed by atoms with Gasteiger partial charge in [0.05, 0.1) is 17.1 Å². The molecule has 4 bridgehead atoms. The Morgan fingerprint density at radius 3 is 2.46 bits per heavy atom. The predicted octanol–water partition coefficient (Wildman–Crippen LogP) is 6.41. The molecule has 35 heavy (non-hydrogen) atoms. The second kappa shape index (κ2) is 9.01. The van der Waals surface area contributed by atoms with Crippen LogP contribution < -0.4 is 14.8 Å². The molecule has 4 aliphatic carbocycles. The Balaban J connectivity index is 1.17. The fourth-order valence-corrected chi connectivity index (χ4v) is 7.34. The summed E-state index contributed by atoms with van der Waals surface area (Å²) in [6.45, 7) is 0.285. The number of amides is 1. The number of methoxy groups -OCH3 is 1. The smallest absolute Gasteiger partial charge is 0.256 e. The number of aromatic nitrogens is 2. The number of carbonyl (C=O) groups excluding carboxylic acids is 1. The van der Waals surface area contributed by atoms with Gasteiger partial charge in [0.25, 0.3) is 5.91 Å². The average molecular weight is 536 g/mol. The average Bonchev–Trinajstić information content (AvgIpc) is 3.32. The summed E-state index contributed by atoms with van der Waals surface area (Å²) in [5, 5.41) is 7.84. The molecule has 0 aliphatic heterocycles. The van der Waals surface area contributed by atoms with Crippen LogP contribution in [0.4, 0.5) is 5.82 Å². The normalized spacial score (nSPS) is 26.5. The summed E-state index contributed by atoms with van der Waals surface area (Å²) in [5.41, 5.74) is 1.49. The molecular formula is C28H30BrN3O3. The van der Waals surface area contributed by atoms with Crippen LogP contribution in [0.3, 0.4) is 0 Å². The molecule has 0 radical (unpaired) electrons. The predicted molar refractivity (Wildman–Crippen MR) is 138 cm³/mol. The lowest BCUT2D eigenvalue weighted by Crippen LogP contribution is -2.52. The molecule has 1 heterocycles. The molecule has 4 aliphatic rings. The molecule has 1 N–H and O–H groups in total. The zero-order chi connectivity index (χ0) is 24.0. The van der Waals surface area contributed by atoms with Crippen LogP contribution in [0.1, 0.15) is 54.4 Å². The van der Waals surface area contributed by atoms with Gasteiger partial charge in [-0.1, -0.05) is 12.1 Å². The maximum atomic E-state index is 13.1. The van der Waals surface area contributed by atoms with Gasteiger partial charge in [-0.05, 0) is 103 Å². The third-order valence-corrected chi connectivity index (χ3v) is 8.74. The van der Waals surface area contributed by atoms with Gasteiger partial charge >= 0.3 is 0 Å². The zero-order valence-corrected chi connectivity index (χ0v) is 21.5. The van der Waals surface area contributed by atoms with Crippen LogP contribution in [-0.2, 0) is 12.1 Å². The Kier molecular flexibility index (Phi) is 5.83. The SMILES string of the molecule is COc1ccc(C(=O)Nc2ccn(C34CC5CC(CC(C5)C3)C4)n2)cc1COc1ccccc1Br. The second-order valence-electron chi connectivity index (χ2n) is 10.5. The van der Waals surface area contributed by atoms with Gasteiger partial charge in [-0.3, -0.25) is 9.48 Å². The fourth-order valence-electron chi connectivity index (χ4n) is 6.94. The zero-order valence-electron chi connectivity index (χ0n) is 19.9. The molecule has 4 saturated carbocycles. The molecule has 1 amide bonds. The molecule has 2 aromatic carbocycles. The summed E-state index contributed by atoms with van der Waals surface area (Å²) in [7, 11) is 1.62. The highest BCUT2D eigenvalue weighted by Crippen LogP contribution is 2.58. The van der Waals surface area contributed by atoms with Crippen LogP contribution in [0.15, 0.2) is 59.2 Å². The Morgan fingerprint density at radius 1 is 1.06 bits per heavy atom. The third kappa shape index (κ3) is 4.35. The number of nitrogens with zero attached hydrogens (tertiary/aromatic N) is 2. The van der Waals surface area contributed by atoms with Crippen molar-refractivity contribution in [1.82, 2.24) is 9.78 Å². The first-order chi connectivity index (χ1) is 17.0. The highest BCUT2D eigenvalue weighted by molar-refractivity contribution is 9.10. The number of anilines is 1. The summed E-state index contributed by atoms with van der Waals surface area (Å²) < 4.78 is 14.5. The Hall–Kier alpha value is -2.80. The summed E-state index contributed by atoms with van der Waals surface area (Å²) in [4.78, 5) is 13.1. The van der Waals surface area contributed by atoms with Crippen LogP contribution in [0, 0.1) is 17.8 Å². The molecule has 182 valence electrons. The van der Waals surface area contributed by atoms with Gasteiger partial charge in [-0.15, -0.1) is 0 Å². The number of nitrogens with one attached hydrogen (secondary N) is 1. The Bertz CT molecular complexity index is 1220. The minimum atomic E-state index is -0.189. The molecule has 0 unspecified atom stereocenters. The Morgan fingerprint density at radius 2 is 1.77 bits per heavy atom. The van der Waals surface area contributed by atoms with Crippen molar-refractivity contribution in [2.45, 2.75) is 50.7 Å². The highest BCUT2D eigenvalue weighted by Gasteiger charge is 2.52. The van der Waals surface area contributed by atoms with Crippen molar-refractivity contribution < 1.29 is 14.3 Å². The van der Waals surface area contributed by atoms with Crippen molar-refractivity contribution in [3.8, 4) is 11.5 Å². The summed E-state index contributed by atoms with van der Waals surface area (Å²) in [6.07, 6.45) is 9.95. The van der Waals surface area contributed by atoms with E-state index in [1.807, 2.05) is 42.5 Å². The molecule has 7 rings (SSSR count). The molecule has 0 saturated heterocycles. The van der Waals surface area contributed by atoms with Crippen molar-refractivity contribution in [2.24, 2.45) is 17.8 Å². The minimum Gasteiger partial charge on any atom is -0.496 e. The second-order valence-corrected chi connectivity index (χ2v) is 11.3. The first kappa shape index (κ1) is 22.7. The lowest BCUT2D eigenvalue weighted by Gasteiger charge is -2.56. The fraction of sp³-hybridized carbons (Fsp3) is 0.429. The number of benzene rings is 2. The minimum absolute atomic E-state index is 0.147. The molecule has 0 spiro atoms. The van der Waals surface area contributed by atoms with Crippen LogP contribution >= 0.6 is 15.9 Å². The van der Waals surface area contributed by atoms with Crippen LogP contribution in [0.2, 0.25) is 0 Å². The molecular weight excluding hydrogens is 506 g/mol. The van der Waals surface area contributed by atoms with Crippen LogP contribution in [-0.4, -0.2) is 22.8 Å². The summed E-state index contributed by atoms with van der Waals surface area (Å²) in [6, 6.07) is 15.0. The van der Waals surface area contributed by atoms with Gasteiger partial charge in [0.15, 0.2) is 5.82 Å². The van der Waals surface area contributed by atoms with Gasteiger partial charge in [0, 0.05) is 23.4 Å². The van der Waals surface area contributed by atoms with Crippen LogP contribution in [0.25, 0.3) is 0 Å². The van der Waals surface area contributed by atoms with E-state index in [0.717, 1.165) is 33.5 Å². The monoisotopic (exact) mass is 535 g/mol. The van der Waals surface area contributed by atoms with Crippen molar-refractivity contribution >= 4 is 27.7 Å². The van der Waals surface area contributed by atoms with E-state index in [1.165, 1.54) is 38.5 Å². The number of rotatable bonds is 7. The molecule has 0 atom stereocenters. The van der Waals surface area contributed by atoms with Crippen molar-refractivity contribution in [3.63, 3.8) is 0 Å². The number of hydrogen-bond donors (Lipinski definition) is 1. The summed E-state index contributed by atoms with van der Waals surface area (Å²) >= 11 is 3.50. The Labute approximate surface area is 214 Å². The van der Waals surface area contributed by atoms with Gasteiger partial charge in [-0.25, -0.2) is 0 Å². The number of halogens is 1. The molecule has 4 fully saturated rings. The van der Waals surface area contributed by atoms with E-state index >= 15 is 0 Å². The number of ether oxygens (including phenoxy) is 2. The number of carbonyl (C=O) groups is 1. The van der Waals surface area contributed by atoms with E-state index in [4.69, 9.17) is 14.6 Å². The van der Waals surface area contributed by atoms with E-state index in [-0.39, 0.29) is 18.1 Å². The van der Waals surface area contributed by atoms with E-state index in [9.17, 15) is 4.79 Å². The van der Waals surface area contributed by atoms with E-state index in [2.05, 4.69) is 32.1 Å². The van der Waals surface area contributed by atoms with E-state index in [1.54, 1.807) is 13.2 Å². The van der Waals surface area contributed by atoms with Crippen molar-refractivity contribution in [3.05, 3.63) is 70.3 Å². The molecule has 1 aromatic heterocycles. The highest BCUT2D eigenvalue weighted by atomic mass is 79.9. The molecule has 7 heteroatoms. The van der Waals surface area contributed by atoms with Gasteiger partial charge < -0.3 is 14.8 Å². The standard InChI is InChI=1S/C28H30BrN3O3/c1-34-24-7-6-21(13-22(24)17-35-25-5-3-2-4-23(25)29)27(33)30-26-8-9-32(31-26)28-14-18-10-19(15-28)12-20(11-18)16-28/h2-9,13,18-20H,10-12,14-17H2,1H3,(H,30,31,33). The maximum absolute atomic E-state index is 13.1. The first-order valence-electron chi connectivity index (χ1n) is 12.4. The van der Waals surface area contributed by atoms with Gasteiger partial charge in [0.2, 0.25) is 0 Å². The van der Waals surface area contributed by atoms with Crippen LogP contribution in [0.5, 0.6) is 11.5 Å². The first-order valence-corrected chi connectivity index (χ1v) is 13.2. The maximum Gasteiger partial charge on any atom is 0.256 e. The molecule has 6 nitrogen and oxygen atoms in total. The van der Waals surface area contributed by atoms with Gasteiger partial charge in [0.1, 0.15) is 18.1 Å². The van der Waals surface area contributed by atoms with Crippen molar-refractivity contribution in [2.75, 3.05) is 12.4 Å². The third-order valence-electron chi connectivity index (χ3n) is 8.09. The lowest BCUT2D eigenvalue weighted by molar-refractivity contribution is -0.0492. The van der Waals surface area contributed by atoms with E-state index in [0.29, 0.717) is 17.1 Å². The quantitative estimate of drug-likeness (QED) is 0.379. The number of para-hydroxylation sites is 1. The largest absolute Gasteiger partial charge is 0.496 e. The molecule has 3 aromatic rings. The van der Waals surface area contributed by atoms with Crippen molar-refractivity contribution in [1.29, 1.82) is 0 Å².